The first-order chi connectivity index (χ1) is 16.6. The number of carboxylic acid groups (broad SMARTS) is 1. The molecule has 1 saturated heterocycles. The highest BCUT2D eigenvalue weighted by Crippen LogP contribution is 2.42. The largest absolute Gasteiger partial charge is 0.481 e. The summed E-state index contributed by atoms with van der Waals surface area (Å²) in [4.78, 5) is 23.0. The first kappa shape index (κ1) is 23.0. The summed E-state index contributed by atoms with van der Waals surface area (Å²) in [5.41, 5.74) is 3.22. The minimum atomic E-state index is -0.736. The number of carbonyl (C=O) groups is 1. The van der Waals surface area contributed by atoms with E-state index in [1.165, 1.54) is 36.8 Å². The van der Waals surface area contributed by atoms with Crippen LogP contribution in [-0.2, 0) is 4.79 Å². The monoisotopic (exact) mass is 494 g/mol. The Hall–Kier alpha value is -2.77. The number of hydrogen-bond acceptors (Lipinski definition) is 6. The van der Waals surface area contributed by atoms with Crippen molar-refractivity contribution in [3.63, 3.8) is 0 Å². The van der Waals surface area contributed by atoms with Gasteiger partial charge < -0.3 is 14.7 Å². The number of aliphatic carboxylic acids is 1. The van der Waals surface area contributed by atoms with Gasteiger partial charge in [0.1, 0.15) is 16.7 Å². The summed E-state index contributed by atoms with van der Waals surface area (Å²) in [6.07, 6.45) is 5.28. The molecule has 34 heavy (non-hydrogen) atoms. The number of halogens is 1. The molecule has 1 aliphatic heterocycles. The minimum Gasteiger partial charge on any atom is -0.481 e. The van der Waals surface area contributed by atoms with Crippen molar-refractivity contribution < 1.29 is 9.90 Å². The first-order valence-corrected chi connectivity index (χ1v) is 12.9. The predicted molar refractivity (Wildman–Crippen MR) is 138 cm³/mol. The summed E-state index contributed by atoms with van der Waals surface area (Å²) in [6.45, 7) is 1.31. The van der Waals surface area contributed by atoms with Crippen LogP contribution in [0.2, 0.25) is 5.02 Å². The topological polar surface area (TPSA) is 78.4 Å². The van der Waals surface area contributed by atoms with Crippen molar-refractivity contribution in [2.45, 2.75) is 43.0 Å². The number of hydrogen-bond donors (Lipinski definition) is 2. The molecule has 8 heteroatoms. The average molecular weight is 495 g/mol. The van der Waals surface area contributed by atoms with E-state index in [4.69, 9.17) is 21.6 Å². The Bertz CT molecular complexity index is 1190. The number of aromatic nitrogens is 2. The molecule has 1 saturated carbocycles. The third kappa shape index (κ3) is 5.00. The summed E-state index contributed by atoms with van der Waals surface area (Å²) in [5, 5.41) is 10.8. The van der Waals surface area contributed by atoms with E-state index in [-0.39, 0.29) is 5.92 Å². The number of anilines is 2. The summed E-state index contributed by atoms with van der Waals surface area (Å²) >= 11 is 7.95. The van der Waals surface area contributed by atoms with Gasteiger partial charge in [-0.25, -0.2) is 9.97 Å². The molecular weight excluding hydrogens is 468 g/mol. The molecule has 0 radical (unpaired) electrons. The zero-order chi connectivity index (χ0) is 23.5. The number of nitrogens with one attached hydrogen (secondary N) is 1. The Balaban J connectivity index is 1.31. The molecule has 2 N–H and O–H groups in total. The maximum Gasteiger partial charge on any atom is 0.308 e. The molecule has 6 nitrogen and oxygen atoms in total. The summed E-state index contributed by atoms with van der Waals surface area (Å²) in [5.74, 6) is 1.02. The number of piperidine rings is 1. The van der Waals surface area contributed by atoms with Crippen molar-refractivity contribution in [2.24, 2.45) is 5.92 Å². The molecule has 1 aromatic carbocycles. The highest BCUT2D eigenvalue weighted by molar-refractivity contribution is 8.00. The molecule has 1 unspecified atom stereocenters. The van der Waals surface area contributed by atoms with Crippen molar-refractivity contribution in [3.8, 4) is 11.3 Å². The van der Waals surface area contributed by atoms with Crippen LogP contribution in [0.3, 0.4) is 0 Å². The van der Waals surface area contributed by atoms with E-state index in [0.29, 0.717) is 23.3 Å². The lowest BCUT2D eigenvalue weighted by Gasteiger charge is -2.31. The number of carboxylic acids is 1. The van der Waals surface area contributed by atoms with Crippen molar-refractivity contribution in [1.29, 1.82) is 0 Å². The second-order valence-corrected chi connectivity index (χ2v) is 10.1. The Morgan fingerprint density at radius 2 is 1.88 bits per heavy atom. The van der Waals surface area contributed by atoms with E-state index >= 15 is 0 Å². The van der Waals surface area contributed by atoms with Gasteiger partial charge in [0.05, 0.1) is 16.6 Å². The van der Waals surface area contributed by atoms with Crippen molar-refractivity contribution in [2.75, 3.05) is 22.7 Å². The normalized spacial score (nSPS) is 18.4. The fraction of sp³-hybridized carbons (Fsp3) is 0.346. The zero-order valence-corrected chi connectivity index (χ0v) is 20.4. The molecule has 0 bridgehead atoms. The molecule has 1 aliphatic carbocycles. The van der Waals surface area contributed by atoms with Crippen LogP contribution in [0.1, 0.15) is 43.6 Å². The molecule has 5 rings (SSSR count). The molecular formula is C26H27ClN4O2S. The molecule has 0 spiro atoms. The van der Waals surface area contributed by atoms with Crippen molar-refractivity contribution >= 4 is 41.2 Å². The molecule has 2 fully saturated rings. The standard InChI is InChI=1S/C26H27ClN4O2S/c27-21-13-14-22(28-25(21)20-10-2-1-9-19(20)17-6-3-7-17)30-34-24-12-4-11-23(29-24)31-15-5-8-18(16-31)26(32)33/h1-2,4,9-14,17-18H,3,5-8,15-16H2,(H,28,30)(H,32,33). The molecule has 3 aromatic rings. The Morgan fingerprint density at radius 3 is 2.68 bits per heavy atom. The van der Waals surface area contributed by atoms with Crippen LogP contribution >= 0.6 is 23.5 Å². The van der Waals surface area contributed by atoms with Crippen LogP contribution < -0.4 is 9.62 Å². The highest BCUT2D eigenvalue weighted by atomic mass is 35.5. The Kier molecular flexibility index (Phi) is 6.92. The van der Waals surface area contributed by atoms with Gasteiger partial charge in [0.25, 0.3) is 0 Å². The Labute approximate surface area is 208 Å². The van der Waals surface area contributed by atoms with E-state index in [9.17, 15) is 9.90 Å². The molecule has 1 atom stereocenters. The lowest BCUT2D eigenvalue weighted by molar-refractivity contribution is -0.141. The second kappa shape index (κ2) is 10.2. The van der Waals surface area contributed by atoms with E-state index in [0.717, 1.165) is 41.5 Å². The van der Waals surface area contributed by atoms with Crippen LogP contribution in [0.5, 0.6) is 0 Å². The third-order valence-electron chi connectivity index (χ3n) is 6.67. The van der Waals surface area contributed by atoms with E-state index in [1.54, 1.807) is 0 Å². The van der Waals surface area contributed by atoms with Gasteiger partial charge in [-0.3, -0.25) is 4.79 Å². The lowest BCUT2D eigenvalue weighted by atomic mass is 9.78. The quantitative estimate of drug-likeness (QED) is 0.363. The van der Waals surface area contributed by atoms with Crippen LogP contribution in [0.4, 0.5) is 11.6 Å². The van der Waals surface area contributed by atoms with Gasteiger partial charge in [-0.15, -0.1) is 0 Å². The van der Waals surface area contributed by atoms with E-state index in [1.807, 2.05) is 36.4 Å². The molecule has 0 amide bonds. The lowest BCUT2D eigenvalue weighted by Crippen LogP contribution is -2.39. The van der Waals surface area contributed by atoms with Crippen LogP contribution in [0.15, 0.2) is 59.6 Å². The number of benzene rings is 1. The van der Waals surface area contributed by atoms with Crippen molar-refractivity contribution in [3.05, 3.63) is 65.2 Å². The van der Waals surface area contributed by atoms with Gasteiger partial charge in [0.2, 0.25) is 0 Å². The van der Waals surface area contributed by atoms with Gasteiger partial charge >= 0.3 is 5.97 Å². The predicted octanol–water partition coefficient (Wildman–Crippen LogP) is 6.48. The minimum absolute atomic E-state index is 0.343. The molecule has 176 valence electrons. The summed E-state index contributed by atoms with van der Waals surface area (Å²) < 4.78 is 3.30. The first-order valence-electron chi connectivity index (χ1n) is 11.7. The molecule has 2 aromatic heterocycles. The van der Waals surface area contributed by atoms with Crippen LogP contribution in [0, 0.1) is 5.92 Å². The maximum atomic E-state index is 11.4. The third-order valence-corrected chi connectivity index (χ3v) is 7.72. The molecule has 2 aliphatic rings. The maximum absolute atomic E-state index is 11.4. The van der Waals surface area contributed by atoms with Gasteiger partial charge in [0.15, 0.2) is 0 Å². The van der Waals surface area contributed by atoms with Gasteiger partial charge in [-0.1, -0.05) is 48.4 Å². The van der Waals surface area contributed by atoms with Crippen LogP contribution in [-0.4, -0.2) is 34.1 Å². The Morgan fingerprint density at radius 1 is 1.03 bits per heavy atom. The number of rotatable bonds is 7. The highest BCUT2D eigenvalue weighted by Gasteiger charge is 2.26. The van der Waals surface area contributed by atoms with Crippen LogP contribution in [0.25, 0.3) is 11.3 Å². The second-order valence-electron chi connectivity index (χ2n) is 8.90. The smallest absolute Gasteiger partial charge is 0.308 e. The summed E-state index contributed by atoms with van der Waals surface area (Å²) in [7, 11) is 0. The fourth-order valence-corrected chi connectivity index (χ4v) is 5.42. The van der Waals surface area contributed by atoms with Gasteiger partial charge in [-0.05, 0) is 61.4 Å². The fourth-order valence-electron chi connectivity index (χ4n) is 4.60. The molecule has 3 heterocycles. The number of nitrogens with zero attached hydrogens (tertiary/aromatic N) is 3. The average Bonchev–Trinajstić information content (AvgIpc) is 2.83. The number of pyridine rings is 2. The van der Waals surface area contributed by atoms with Gasteiger partial charge in [-0.2, -0.15) is 0 Å². The van der Waals surface area contributed by atoms with E-state index < -0.39 is 5.97 Å². The summed E-state index contributed by atoms with van der Waals surface area (Å²) in [6, 6.07) is 18.0. The van der Waals surface area contributed by atoms with Gasteiger partial charge in [0, 0.05) is 30.6 Å². The van der Waals surface area contributed by atoms with E-state index in [2.05, 4.69) is 27.8 Å². The zero-order valence-electron chi connectivity index (χ0n) is 18.8. The SMILES string of the molecule is O=C(O)C1CCCN(c2cccc(SNc3ccc(Cl)c(-c4ccccc4C4CCC4)n3)n2)C1. The van der Waals surface area contributed by atoms with Crippen molar-refractivity contribution in [1.82, 2.24) is 9.97 Å².